The fraction of sp³-hybridized carbons (Fsp3) is 0.235. The molecule has 2 aromatic carbocycles. The fourth-order valence-corrected chi connectivity index (χ4v) is 5.98. The van der Waals surface area contributed by atoms with E-state index in [0.29, 0.717) is 24.5 Å². The summed E-state index contributed by atoms with van der Waals surface area (Å²) in [5.74, 6) is 1.73. The lowest BCUT2D eigenvalue weighted by molar-refractivity contribution is 0.102. The van der Waals surface area contributed by atoms with E-state index in [1.807, 2.05) is 0 Å². The third-order valence-corrected chi connectivity index (χ3v) is 7.53. The molecule has 2 aliphatic heterocycles. The molecule has 0 saturated carbocycles. The first-order chi connectivity index (χ1) is 12.5. The van der Waals surface area contributed by atoms with E-state index in [-0.39, 0.29) is 21.2 Å². The van der Waals surface area contributed by atoms with E-state index in [1.165, 1.54) is 16.4 Å². The number of nitrogens with one attached hydrogen (secondary N) is 1. The molecular formula is C17H15ClN2O4S2. The van der Waals surface area contributed by atoms with Gasteiger partial charge in [-0.25, -0.2) is 8.42 Å². The van der Waals surface area contributed by atoms with Gasteiger partial charge in [0.1, 0.15) is 10.6 Å². The van der Waals surface area contributed by atoms with Crippen LogP contribution in [0, 0.1) is 0 Å². The number of rotatable bonds is 2. The van der Waals surface area contributed by atoms with Crippen LogP contribution < -0.4 is 10.1 Å². The zero-order valence-electron chi connectivity index (χ0n) is 13.6. The number of benzene rings is 2. The zero-order chi connectivity index (χ0) is 18.3. The maximum Gasteiger partial charge on any atom is 0.259 e. The summed E-state index contributed by atoms with van der Waals surface area (Å²) < 4.78 is 33.1. The topological polar surface area (TPSA) is 75.7 Å². The van der Waals surface area contributed by atoms with Crippen molar-refractivity contribution in [2.75, 3.05) is 29.9 Å². The minimum Gasteiger partial charge on any atom is -0.454 e. The molecule has 0 atom stereocenters. The van der Waals surface area contributed by atoms with E-state index >= 15 is 0 Å². The lowest BCUT2D eigenvalue weighted by Crippen LogP contribution is -2.38. The largest absolute Gasteiger partial charge is 0.454 e. The highest BCUT2D eigenvalue weighted by atomic mass is 35.5. The minimum atomic E-state index is -3.78. The van der Waals surface area contributed by atoms with Crippen LogP contribution >= 0.6 is 23.4 Å². The predicted octanol–water partition coefficient (Wildman–Crippen LogP) is 3.44. The van der Waals surface area contributed by atoms with E-state index in [4.69, 9.17) is 16.3 Å². The van der Waals surface area contributed by atoms with Crippen molar-refractivity contribution in [1.29, 1.82) is 0 Å². The number of nitrogens with zero attached hydrogens (tertiary/aromatic N) is 1. The van der Waals surface area contributed by atoms with Crippen LogP contribution in [0.5, 0.6) is 11.5 Å². The van der Waals surface area contributed by atoms with Gasteiger partial charge in [0, 0.05) is 30.7 Å². The van der Waals surface area contributed by atoms with Crippen molar-refractivity contribution in [1.82, 2.24) is 4.31 Å². The summed E-state index contributed by atoms with van der Waals surface area (Å²) >= 11 is 7.98. The quantitative estimate of drug-likeness (QED) is 0.820. The second-order valence-corrected chi connectivity index (χ2v) is 9.39. The number of amides is 1. The number of hydrogen-bond donors (Lipinski definition) is 1. The monoisotopic (exact) mass is 410 g/mol. The number of anilines is 1. The third-order valence-electron chi connectivity index (χ3n) is 4.22. The van der Waals surface area contributed by atoms with E-state index in [0.717, 1.165) is 11.5 Å². The van der Waals surface area contributed by atoms with Gasteiger partial charge in [0.2, 0.25) is 10.0 Å². The highest BCUT2D eigenvalue weighted by molar-refractivity contribution is 7.99. The summed E-state index contributed by atoms with van der Waals surface area (Å²) in [5.41, 5.74) is 0.651. The second kappa shape index (κ2) is 6.77. The number of carbonyl (C=O) groups is 1. The molecule has 1 fully saturated rings. The van der Waals surface area contributed by atoms with E-state index in [9.17, 15) is 13.2 Å². The molecule has 2 heterocycles. The summed E-state index contributed by atoms with van der Waals surface area (Å²) in [4.78, 5) is 12.5. The Hall–Kier alpha value is -1.74. The van der Waals surface area contributed by atoms with Crippen molar-refractivity contribution in [2.24, 2.45) is 0 Å². The van der Waals surface area contributed by atoms with Crippen LogP contribution in [0.1, 0.15) is 10.4 Å². The van der Waals surface area contributed by atoms with Crippen LogP contribution in [-0.4, -0.2) is 43.2 Å². The van der Waals surface area contributed by atoms with Crippen LogP contribution in [0.3, 0.4) is 0 Å². The zero-order valence-corrected chi connectivity index (χ0v) is 16.0. The predicted molar refractivity (Wildman–Crippen MR) is 102 cm³/mol. The first kappa shape index (κ1) is 17.7. The van der Waals surface area contributed by atoms with Crippen LogP contribution in [0.4, 0.5) is 5.69 Å². The molecule has 0 aliphatic carbocycles. The molecule has 2 aliphatic rings. The lowest BCUT2D eigenvalue weighted by Gasteiger charge is -2.26. The summed E-state index contributed by atoms with van der Waals surface area (Å²) in [6.07, 6.45) is 0. The van der Waals surface area contributed by atoms with Crippen molar-refractivity contribution in [3.8, 4) is 11.5 Å². The molecule has 9 heteroatoms. The highest BCUT2D eigenvalue weighted by Gasteiger charge is 2.31. The van der Waals surface area contributed by atoms with E-state index in [1.54, 1.807) is 36.0 Å². The van der Waals surface area contributed by atoms with Gasteiger partial charge in [0.05, 0.1) is 16.3 Å². The number of fused-ring (bicyclic) bond motifs is 2. The molecule has 1 amide bonds. The highest BCUT2D eigenvalue weighted by Crippen LogP contribution is 2.39. The van der Waals surface area contributed by atoms with Crippen LogP contribution in [0.15, 0.2) is 41.3 Å². The SMILES string of the molecule is O=C1Nc2ccccc2Oc2cc(Cl)c(S(=O)(=O)N3CCSCC3)cc21. The molecule has 6 nitrogen and oxygen atoms in total. The van der Waals surface area contributed by atoms with Gasteiger partial charge in [-0.1, -0.05) is 23.7 Å². The maximum absolute atomic E-state index is 13.0. The van der Waals surface area contributed by atoms with Gasteiger partial charge in [0.25, 0.3) is 5.91 Å². The van der Waals surface area contributed by atoms with Crippen LogP contribution in [-0.2, 0) is 10.0 Å². The molecule has 1 saturated heterocycles. The Kier molecular flexibility index (Phi) is 4.60. The van der Waals surface area contributed by atoms with Crippen molar-refractivity contribution < 1.29 is 17.9 Å². The van der Waals surface area contributed by atoms with E-state index < -0.39 is 15.9 Å². The minimum absolute atomic E-state index is 0.0363. The Morgan fingerprint density at radius 3 is 2.62 bits per heavy atom. The molecule has 26 heavy (non-hydrogen) atoms. The number of ether oxygens (including phenoxy) is 1. The Balaban J connectivity index is 1.79. The normalized spacial score (nSPS) is 17.5. The summed E-state index contributed by atoms with van der Waals surface area (Å²) in [6, 6.07) is 9.68. The molecule has 136 valence electrons. The first-order valence-electron chi connectivity index (χ1n) is 7.96. The fourth-order valence-electron chi connectivity index (χ4n) is 2.89. The summed E-state index contributed by atoms with van der Waals surface area (Å²) in [6.45, 7) is 0.850. The maximum atomic E-state index is 13.0. The average Bonchev–Trinajstić information content (AvgIpc) is 2.77. The van der Waals surface area contributed by atoms with Gasteiger partial charge < -0.3 is 10.1 Å². The molecule has 0 aromatic heterocycles. The second-order valence-electron chi connectivity index (χ2n) is 5.85. The molecule has 0 bridgehead atoms. The van der Waals surface area contributed by atoms with Gasteiger partial charge in [-0.2, -0.15) is 16.1 Å². The number of hydrogen-bond acceptors (Lipinski definition) is 5. The smallest absolute Gasteiger partial charge is 0.259 e. The first-order valence-corrected chi connectivity index (χ1v) is 10.9. The van der Waals surface area contributed by atoms with Crippen molar-refractivity contribution in [3.05, 3.63) is 47.0 Å². The van der Waals surface area contributed by atoms with Crippen molar-refractivity contribution in [3.63, 3.8) is 0 Å². The van der Waals surface area contributed by atoms with Gasteiger partial charge in [-0.05, 0) is 18.2 Å². The van der Waals surface area contributed by atoms with Gasteiger partial charge in [0.15, 0.2) is 5.75 Å². The van der Waals surface area contributed by atoms with Gasteiger partial charge in [-0.15, -0.1) is 0 Å². The Morgan fingerprint density at radius 1 is 1.12 bits per heavy atom. The molecule has 0 unspecified atom stereocenters. The Morgan fingerprint density at radius 2 is 1.85 bits per heavy atom. The van der Waals surface area contributed by atoms with Crippen molar-refractivity contribution in [2.45, 2.75) is 4.90 Å². The van der Waals surface area contributed by atoms with Crippen molar-refractivity contribution >= 4 is 45.0 Å². The number of halogens is 1. The van der Waals surface area contributed by atoms with Gasteiger partial charge >= 0.3 is 0 Å². The summed E-state index contributed by atoms with van der Waals surface area (Å²) in [5, 5.41) is 2.77. The number of sulfonamides is 1. The lowest BCUT2D eigenvalue weighted by atomic mass is 10.2. The van der Waals surface area contributed by atoms with Crippen LogP contribution in [0.2, 0.25) is 5.02 Å². The molecule has 0 radical (unpaired) electrons. The van der Waals surface area contributed by atoms with Gasteiger partial charge in [-0.3, -0.25) is 4.79 Å². The average molecular weight is 411 g/mol. The Labute approximate surface area is 160 Å². The number of carbonyl (C=O) groups excluding carboxylic acids is 1. The summed E-state index contributed by atoms with van der Waals surface area (Å²) in [7, 11) is -3.78. The number of thioether (sulfide) groups is 1. The molecular weight excluding hydrogens is 396 g/mol. The number of para-hydroxylation sites is 2. The Bertz CT molecular complexity index is 988. The third kappa shape index (κ3) is 3.07. The van der Waals surface area contributed by atoms with Crippen LogP contribution in [0.25, 0.3) is 0 Å². The molecule has 2 aromatic rings. The standard InChI is InChI=1S/C17H15ClN2O4S2/c18-12-10-15-11(17(21)19-13-3-1-2-4-14(13)24-15)9-16(12)26(22,23)20-5-7-25-8-6-20/h1-4,9-10H,5-8H2,(H,19,21). The molecule has 0 spiro atoms. The van der Waals surface area contributed by atoms with E-state index in [2.05, 4.69) is 5.32 Å². The molecule has 4 rings (SSSR count). The molecule has 1 N–H and O–H groups in total.